The lowest BCUT2D eigenvalue weighted by Crippen LogP contribution is -2.67. The summed E-state index contributed by atoms with van der Waals surface area (Å²) in [4.78, 5) is 14.4. The van der Waals surface area contributed by atoms with Crippen LogP contribution in [-0.4, -0.2) is 86.1 Å². The molecule has 0 aromatic carbocycles. The summed E-state index contributed by atoms with van der Waals surface area (Å²) >= 11 is 0. The maximum Gasteiger partial charge on any atom is 0.315 e. The fraction of sp³-hybridized carbons (Fsp3) is 0.917. The summed E-state index contributed by atoms with van der Waals surface area (Å²) in [5.41, 5.74) is -0.202. The van der Waals surface area contributed by atoms with Crippen LogP contribution < -0.4 is 0 Å². The lowest BCUT2D eigenvalue weighted by Gasteiger charge is -2.71. The summed E-state index contributed by atoms with van der Waals surface area (Å²) in [5.74, 6) is 0.120. The molecule has 0 bridgehead atoms. The van der Waals surface area contributed by atoms with Gasteiger partial charge in [0.05, 0.1) is 24.2 Å². The van der Waals surface area contributed by atoms with Crippen molar-refractivity contribution in [1.29, 1.82) is 0 Å². The van der Waals surface area contributed by atoms with E-state index >= 15 is 0 Å². The number of rotatable bonds is 3. The molecule has 0 aromatic heterocycles. The molecular weight excluding hydrogens is 576 g/mol. The van der Waals surface area contributed by atoms with E-state index in [1.54, 1.807) is 0 Å². The Bertz CT molecular complexity index is 1210. The minimum atomic E-state index is -1.63. The highest BCUT2D eigenvalue weighted by Crippen LogP contribution is 2.75. The van der Waals surface area contributed by atoms with Gasteiger partial charge in [-0.25, -0.2) is 0 Å². The lowest BCUT2D eigenvalue weighted by molar-refractivity contribution is -0.297. The van der Waals surface area contributed by atoms with Crippen LogP contribution in [0.2, 0.25) is 0 Å². The molecule has 6 rings (SSSR count). The molecule has 6 N–H and O–H groups in total. The third-order valence-corrected chi connectivity index (χ3v) is 15.1. The molecule has 0 spiro atoms. The summed E-state index contributed by atoms with van der Waals surface area (Å²) in [6.07, 6.45) is 0.778. The third-order valence-electron chi connectivity index (χ3n) is 15.1. The van der Waals surface area contributed by atoms with Gasteiger partial charge in [-0.2, -0.15) is 0 Å². The second-order valence-corrected chi connectivity index (χ2v) is 18.0. The van der Waals surface area contributed by atoms with Crippen LogP contribution in [0.3, 0.4) is 0 Å². The molecule has 9 nitrogen and oxygen atoms in total. The summed E-state index contributed by atoms with van der Waals surface area (Å²) in [6, 6.07) is 0. The molecule has 9 heteroatoms. The second kappa shape index (κ2) is 10.7. The van der Waals surface area contributed by atoms with Crippen molar-refractivity contribution in [3.63, 3.8) is 0 Å². The van der Waals surface area contributed by atoms with E-state index in [9.17, 15) is 35.4 Å². The van der Waals surface area contributed by atoms with E-state index in [1.807, 2.05) is 0 Å². The Morgan fingerprint density at radius 2 is 1.53 bits per heavy atom. The van der Waals surface area contributed by atoms with E-state index in [1.165, 1.54) is 5.57 Å². The van der Waals surface area contributed by atoms with Crippen LogP contribution in [0, 0.1) is 50.2 Å². The molecule has 0 amide bonds. The summed E-state index contributed by atoms with van der Waals surface area (Å²) in [5, 5.41) is 63.2. The predicted molar refractivity (Wildman–Crippen MR) is 166 cm³/mol. The van der Waals surface area contributed by atoms with E-state index < -0.39 is 60.9 Å². The number of aliphatic hydroxyl groups excluding tert-OH is 6. The molecule has 1 aliphatic heterocycles. The number of hydrogen-bond acceptors (Lipinski definition) is 9. The van der Waals surface area contributed by atoms with Crippen LogP contribution in [0.15, 0.2) is 11.6 Å². The number of hydrogen-bond donors (Lipinski definition) is 6. The van der Waals surface area contributed by atoms with Crippen LogP contribution in [0.4, 0.5) is 0 Å². The zero-order valence-corrected chi connectivity index (χ0v) is 28.3. The fourth-order valence-corrected chi connectivity index (χ4v) is 12.1. The number of ether oxygens (including phenoxy) is 2. The Morgan fingerprint density at radius 1 is 0.867 bits per heavy atom. The molecule has 0 aromatic rings. The second-order valence-electron chi connectivity index (χ2n) is 18.0. The Labute approximate surface area is 268 Å². The third kappa shape index (κ3) is 4.61. The van der Waals surface area contributed by atoms with Crippen LogP contribution in [0.1, 0.15) is 106 Å². The van der Waals surface area contributed by atoms with Crippen molar-refractivity contribution in [1.82, 2.24) is 0 Å². The quantitative estimate of drug-likeness (QED) is 0.202. The Balaban J connectivity index is 1.36. The van der Waals surface area contributed by atoms with Crippen LogP contribution >= 0.6 is 0 Å². The normalized spacial score (nSPS) is 53.6. The molecule has 256 valence electrons. The average molecular weight is 635 g/mol. The molecule has 5 aliphatic carbocycles. The van der Waals surface area contributed by atoms with Gasteiger partial charge in [0.15, 0.2) is 0 Å². The van der Waals surface area contributed by atoms with Crippen molar-refractivity contribution in [2.75, 3.05) is 6.61 Å². The predicted octanol–water partition coefficient (Wildman–Crippen LogP) is 3.46. The Kier molecular flexibility index (Phi) is 8.05. The number of fused-ring (bicyclic) bond motifs is 7. The first kappa shape index (κ1) is 33.8. The van der Waals surface area contributed by atoms with Gasteiger partial charge >= 0.3 is 5.97 Å². The molecule has 14 atom stereocenters. The van der Waals surface area contributed by atoms with E-state index in [4.69, 9.17) is 9.47 Å². The number of allylic oxidation sites excluding steroid dienone is 2. The standard InChI is InChI=1S/C36H58O9/c1-31(2)12-14-36(30(43)45-29-27(41)26(40)25(39)22(18-37)44-29)15-13-34(6)19(20(36)16-31)8-9-24-33(5)17-21(38)28(42)32(3,4)23(33)10-11-35(24,34)7/h8,20-29,37-42H,9-18H2,1-7H3/t20-,21+,22+,23?,24?,25+,26-,27+,28+,29-,33-,34+,35+,36-/m0/s1. The van der Waals surface area contributed by atoms with E-state index in [0.717, 1.165) is 38.5 Å². The molecule has 2 unspecified atom stereocenters. The van der Waals surface area contributed by atoms with Gasteiger partial charge in [-0.05, 0) is 103 Å². The van der Waals surface area contributed by atoms with E-state index in [0.29, 0.717) is 31.1 Å². The van der Waals surface area contributed by atoms with Crippen LogP contribution in [0.5, 0.6) is 0 Å². The summed E-state index contributed by atoms with van der Waals surface area (Å²) < 4.78 is 11.5. The minimum Gasteiger partial charge on any atom is -0.432 e. The highest BCUT2D eigenvalue weighted by atomic mass is 16.7. The number of carbonyl (C=O) groups excluding carboxylic acids is 1. The maximum atomic E-state index is 14.4. The van der Waals surface area contributed by atoms with Gasteiger partial charge in [-0.15, -0.1) is 0 Å². The highest BCUT2D eigenvalue weighted by molar-refractivity contribution is 5.79. The maximum absolute atomic E-state index is 14.4. The monoisotopic (exact) mass is 634 g/mol. The highest BCUT2D eigenvalue weighted by Gasteiger charge is 2.70. The van der Waals surface area contributed by atoms with Crippen molar-refractivity contribution in [2.45, 2.75) is 149 Å². The van der Waals surface area contributed by atoms with Crippen molar-refractivity contribution in [2.24, 2.45) is 50.2 Å². The number of aliphatic hydroxyl groups is 6. The van der Waals surface area contributed by atoms with Gasteiger partial charge in [0, 0.05) is 0 Å². The van der Waals surface area contributed by atoms with Crippen molar-refractivity contribution in [3.05, 3.63) is 11.6 Å². The fourth-order valence-electron chi connectivity index (χ4n) is 12.1. The number of esters is 1. The Hall–Kier alpha value is -1.07. The van der Waals surface area contributed by atoms with Crippen molar-refractivity contribution >= 4 is 5.97 Å². The largest absolute Gasteiger partial charge is 0.432 e. The van der Waals surface area contributed by atoms with Gasteiger partial charge in [0.1, 0.15) is 24.4 Å². The van der Waals surface area contributed by atoms with Crippen LogP contribution in [-0.2, 0) is 14.3 Å². The lowest BCUT2D eigenvalue weighted by atomic mass is 9.33. The molecule has 4 saturated carbocycles. The van der Waals surface area contributed by atoms with Gasteiger partial charge in [-0.1, -0.05) is 60.1 Å². The molecule has 1 heterocycles. The van der Waals surface area contributed by atoms with Gasteiger partial charge < -0.3 is 40.1 Å². The first-order valence-electron chi connectivity index (χ1n) is 17.4. The first-order valence-corrected chi connectivity index (χ1v) is 17.4. The first-order chi connectivity index (χ1) is 20.8. The molecule has 6 aliphatic rings. The summed E-state index contributed by atoms with van der Waals surface area (Å²) in [7, 11) is 0. The molecule has 45 heavy (non-hydrogen) atoms. The van der Waals surface area contributed by atoms with E-state index in [-0.39, 0.29) is 33.0 Å². The average Bonchev–Trinajstić information content (AvgIpc) is 2.96. The minimum absolute atomic E-state index is 0.0196. The SMILES string of the molecule is CC1(C)CC[C@]2(C(=O)O[C@@H]3O[C@H](CO)[C@@H](O)[C@H](O)[C@H]3O)CC[C@]3(C)C(=CCC4[C@@]5(C)C[C@@H](O)[C@@H](O)C(C)(C)C5CC[C@]43C)[C@@H]2C1. The van der Waals surface area contributed by atoms with E-state index in [2.05, 4.69) is 54.5 Å². The Morgan fingerprint density at radius 3 is 2.20 bits per heavy atom. The van der Waals surface area contributed by atoms with Crippen molar-refractivity contribution in [3.8, 4) is 0 Å². The molecule has 5 fully saturated rings. The molecular formula is C36H58O9. The van der Waals surface area contributed by atoms with Crippen LogP contribution in [0.25, 0.3) is 0 Å². The number of carbonyl (C=O) groups is 1. The topological polar surface area (TPSA) is 157 Å². The zero-order valence-electron chi connectivity index (χ0n) is 28.3. The summed E-state index contributed by atoms with van der Waals surface area (Å²) in [6.45, 7) is 15.4. The molecule has 1 saturated heterocycles. The van der Waals surface area contributed by atoms with Gasteiger partial charge in [0.2, 0.25) is 6.29 Å². The zero-order chi connectivity index (χ0) is 33.1. The van der Waals surface area contributed by atoms with Gasteiger partial charge in [0.25, 0.3) is 0 Å². The van der Waals surface area contributed by atoms with Gasteiger partial charge in [-0.3, -0.25) is 4.79 Å². The van der Waals surface area contributed by atoms with Crippen molar-refractivity contribution < 1.29 is 44.9 Å². The smallest absolute Gasteiger partial charge is 0.315 e. The molecule has 0 radical (unpaired) electrons.